The number of nitrogens with zero attached hydrogens (tertiary/aromatic N) is 1. The molecule has 0 N–H and O–H groups in total. The van der Waals surface area contributed by atoms with Crippen LogP contribution in [-0.2, 0) is 9.16 Å². The average molecular weight is 213 g/mol. The highest BCUT2D eigenvalue weighted by Gasteiger charge is 2.36. The van der Waals surface area contributed by atoms with Crippen molar-refractivity contribution in [3.05, 3.63) is 0 Å². The van der Waals surface area contributed by atoms with Crippen LogP contribution in [0.15, 0.2) is 0 Å². The molecule has 0 bridgehead atoms. The van der Waals surface area contributed by atoms with Crippen LogP contribution in [0.1, 0.15) is 19.3 Å². The minimum atomic E-state index is -1.64. The van der Waals surface area contributed by atoms with Crippen molar-refractivity contribution >= 4 is 8.32 Å². The second kappa shape index (κ2) is 4.43. The summed E-state index contributed by atoms with van der Waals surface area (Å²) in [6.45, 7) is 7.78. The van der Waals surface area contributed by atoms with Crippen LogP contribution in [0.5, 0.6) is 0 Å². The Morgan fingerprint density at radius 1 is 1.29 bits per heavy atom. The first kappa shape index (κ1) is 11.7. The van der Waals surface area contributed by atoms with E-state index in [0.717, 1.165) is 19.4 Å². The maximum Gasteiger partial charge on any atom is 0.185 e. The van der Waals surface area contributed by atoms with E-state index >= 15 is 0 Å². The normalized spacial score (nSPS) is 29.3. The molecule has 0 saturated carbocycles. The topological polar surface area (TPSA) is 42.2 Å². The lowest BCUT2D eigenvalue weighted by atomic mass is 9.97. The first-order chi connectivity index (χ1) is 6.47. The Hall–Kier alpha value is -0.373. The van der Waals surface area contributed by atoms with E-state index in [0.29, 0.717) is 13.0 Å². The fraction of sp³-hybridized carbons (Fsp3) is 0.900. The third-order valence-electron chi connectivity index (χ3n) is 2.22. The van der Waals surface area contributed by atoms with Gasteiger partial charge in [0, 0.05) is 13.0 Å². The lowest BCUT2D eigenvalue weighted by molar-refractivity contribution is 0.0851. The smallest absolute Gasteiger partial charge is 0.185 e. The van der Waals surface area contributed by atoms with E-state index < -0.39 is 13.9 Å². The summed E-state index contributed by atoms with van der Waals surface area (Å²) < 4.78 is 11.3. The average Bonchev–Trinajstić information content (AvgIpc) is 2.28. The Morgan fingerprint density at radius 2 is 2.00 bits per heavy atom. The lowest BCUT2D eigenvalue weighted by Crippen LogP contribution is -2.42. The van der Waals surface area contributed by atoms with Crippen LogP contribution in [0, 0.1) is 11.3 Å². The summed E-state index contributed by atoms with van der Waals surface area (Å²) in [4.78, 5) is 0. The summed E-state index contributed by atoms with van der Waals surface area (Å²) >= 11 is 0. The van der Waals surface area contributed by atoms with Crippen LogP contribution in [0.2, 0.25) is 19.6 Å². The van der Waals surface area contributed by atoms with Gasteiger partial charge in [-0.1, -0.05) is 0 Å². The van der Waals surface area contributed by atoms with Crippen molar-refractivity contribution < 1.29 is 9.16 Å². The number of rotatable bonds is 2. The molecule has 0 spiro atoms. The number of hydrogen-bond donors (Lipinski definition) is 0. The van der Waals surface area contributed by atoms with E-state index in [9.17, 15) is 5.26 Å². The van der Waals surface area contributed by atoms with E-state index in [1.165, 1.54) is 0 Å². The first-order valence-electron chi connectivity index (χ1n) is 5.17. The molecule has 3 nitrogen and oxygen atoms in total. The molecule has 1 unspecified atom stereocenters. The van der Waals surface area contributed by atoms with Crippen molar-refractivity contribution in [1.82, 2.24) is 0 Å². The maximum atomic E-state index is 9.22. The molecule has 80 valence electrons. The summed E-state index contributed by atoms with van der Waals surface area (Å²) in [6, 6.07) is 2.35. The predicted octanol–water partition coefficient (Wildman–Crippen LogP) is 2.30. The van der Waals surface area contributed by atoms with Crippen molar-refractivity contribution in [2.24, 2.45) is 0 Å². The van der Waals surface area contributed by atoms with E-state index in [1.807, 2.05) is 0 Å². The van der Waals surface area contributed by atoms with E-state index in [2.05, 4.69) is 25.7 Å². The molecule has 1 fully saturated rings. The van der Waals surface area contributed by atoms with Gasteiger partial charge in [-0.3, -0.25) is 0 Å². The van der Waals surface area contributed by atoms with Crippen molar-refractivity contribution in [3.8, 4) is 6.07 Å². The number of ether oxygens (including phenoxy) is 1. The summed E-state index contributed by atoms with van der Waals surface area (Å²) in [5.74, 6) is 0. The van der Waals surface area contributed by atoms with Gasteiger partial charge in [-0.05, 0) is 32.5 Å². The minimum absolute atomic E-state index is 0.568. The molecule has 1 heterocycles. The largest absolute Gasteiger partial charge is 0.400 e. The van der Waals surface area contributed by atoms with Gasteiger partial charge in [0.15, 0.2) is 8.32 Å². The third-order valence-corrected chi connectivity index (χ3v) is 3.23. The molecule has 4 heteroatoms. The number of nitriles is 1. The molecule has 0 aromatic carbocycles. The molecule has 1 aliphatic rings. The van der Waals surface area contributed by atoms with Gasteiger partial charge < -0.3 is 9.16 Å². The summed E-state index contributed by atoms with van der Waals surface area (Å²) in [7, 11) is -1.64. The highest BCUT2D eigenvalue weighted by atomic mass is 28.4. The minimum Gasteiger partial charge on any atom is -0.400 e. The zero-order valence-corrected chi connectivity index (χ0v) is 10.3. The summed E-state index contributed by atoms with van der Waals surface area (Å²) in [5.41, 5.74) is -0.568. The van der Waals surface area contributed by atoms with Crippen molar-refractivity contribution in [2.75, 3.05) is 13.2 Å². The van der Waals surface area contributed by atoms with Gasteiger partial charge in [-0.15, -0.1) is 0 Å². The van der Waals surface area contributed by atoms with Gasteiger partial charge >= 0.3 is 0 Å². The second-order valence-electron chi connectivity index (χ2n) is 4.79. The van der Waals surface area contributed by atoms with Crippen LogP contribution in [-0.4, -0.2) is 27.1 Å². The lowest BCUT2D eigenvalue weighted by Gasteiger charge is -2.32. The fourth-order valence-corrected chi connectivity index (χ4v) is 3.17. The van der Waals surface area contributed by atoms with Gasteiger partial charge in [-0.25, -0.2) is 0 Å². The highest BCUT2D eigenvalue weighted by Crippen LogP contribution is 2.28. The van der Waals surface area contributed by atoms with Crippen LogP contribution >= 0.6 is 0 Å². The molecular weight excluding hydrogens is 194 g/mol. The Morgan fingerprint density at radius 3 is 2.57 bits per heavy atom. The molecule has 0 aromatic heterocycles. The van der Waals surface area contributed by atoms with Crippen molar-refractivity contribution in [3.63, 3.8) is 0 Å². The van der Waals surface area contributed by atoms with Crippen LogP contribution in [0.3, 0.4) is 0 Å². The molecule has 0 amide bonds. The zero-order valence-electron chi connectivity index (χ0n) is 9.30. The molecule has 0 radical (unpaired) electrons. The van der Waals surface area contributed by atoms with E-state index in [1.54, 1.807) is 0 Å². The second-order valence-corrected chi connectivity index (χ2v) is 9.22. The quantitative estimate of drug-likeness (QED) is 0.661. The Bertz CT molecular complexity index is 221. The maximum absolute atomic E-state index is 9.22. The SMILES string of the molecule is C[Si](C)(C)OC1(C#N)CCCOCC1. The van der Waals surface area contributed by atoms with Crippen molar-refractivity contribution in [2.45, 2.75) is 44.5 Å². The van der Waals surface area contributed by atoms with Crippen molar-refractivity contribution in [1.29, 1.82) is 5.26 Å². The molecular formula is C10H19NO2Si. The van der Waals surface area contributed by atoms with E-state index in [4.69, 9.17) is 9.16 Å². The Balaban J connectivity index is 2.69. The van der Waals surface area contributed by atoms with Gasteiger partial charge in [0.05, 0.1) is 12.7 Å². The summed E-state index contributed by atoms with van der Waals surface area (Å²) in [5, 5.41) is 9.22. The van der Waals surface area contributed by atoms with Gasteiger partial charge in [0.25, 0.3) is 0 Å². The molecule has 1 rings (SSSR count). The van der Waals surface area contributed by atoms with Crippen LogP contribution in [0.25, 0.3) is 0 Å². The third kappa shape index (κ3) is 3.41. The Kier molecular flexibility index (Phi) is 3.70. The van der Waals surface area contributed by atoms with E-state index in [-0.39, 0.29) is 0 Å². The standard InChI is InChI=1S/C10H19NO2Si/c1-14(2,3)13-10(9-11)5-4-7-12-8-6-10/h4-8H2,1-3H3. The predicted molar refractivity (Wildman–Crippen MR) is 57.4 cm³/mol. The first-order valence-corrected chi connectivity index (χ1v) is 8.57. The van der Waals surface area contributed by atoms with Gasteiger partial charge in [0.1, 0.15) is 5.60 Å². The fourth-order valence-electron chi connectivity index (χ4n) is 1.75. The monoisotopic (exact) mass is 213 g/mol. The Labute approximate surface area is 87.1 Å². The number of hydrogen-bond acceptors (Lipinski definition) is 3. The van der Waals surface area contributed by atoms with Gasteiger partial charge in [-0.2, -0.15) is 5.26 Å². The van der Waals surface area contributed by atoms with Crippen LogP contribution < -0.4 is 0 Å². The highest BCUT2D eigenvalue weighted by molar-refractivity contribution is 6.69. The molecule has 0 aliphatic carbocycles. The molecule has 1 atom stereocenters. The molecule has 1 saturated heterocycles. The van der Waals surface area contributed by atoms with Crippen LogP contribution in [0.4, 0.5) is 0 Å². The molecule has 0 aromatic rings. The zero-order chi connectivity index (χ0) is 10.7. The van der Waals surface area contributed by atoms with Gasteiger partial charge in [0.2, 0.25) is 0 Å². The molecule has 14 heavy (non-hydrogen) atoms. The summed E-state index contributed by atoms with van der Waals surface area (Å²) in [6.07, 6.45) is 2.46. The molecule has 1 aliphatic heterocycles.